The van der Waals surface area contributed by atoms with Crippen LogP contribution in [0, 0.1) is 6.33 Å². The first-order valence-electron chi connectivity index (χ1n) is 9.69. The Morgan fingerprint density at radius 2 is 2.00 bits per heavy atom. The van der Waals surface area contributed by atoms with Crippen LogP contribution in [0.3, 0.4) is 0 Å². The predicted molar refractivity (Wildman–Crippen MR) is 108 cm³/mol. The van der Waals surface area contributed by atoms with Gasteiger partial charge >= 0.3 is 0 Å². The van der Waals surface area contributed by atoms with Gasteiger partial charge in [0.05, 0.1) is 6.20 Å². The minimum atomic E-state index is -0.343. The summed E-state index contributed by atoms with van der Waals surface area (Å²) < 4.78 is 0. The second kappa shape index (κ2) is 7.95. The minimum absolute atomic E-state index is 0.343. The molecule has 1 aliphatic rings. The van der Waals surface area contributed by atoms with E-state index in [0.29, 0.717) is 22.6 Å². The van der Waals surface area contributed by atoms with E-state index >= 15 is 0 Å². The number of anilines is 2. The van der Waals surface area contributed by atoms with E-state index in [2.05, 4.69) is 69.5 Å². The van der Waals surface area contributed by atoms with Crippen LogP contribution in [0.15, 0.2) is 35.3 Å². The molecule has 1 radical (unpaired) electrons. The molecule has 0 amide bonds. The average molecular weight is 403 g/mol. The highest BCUT2D eigenvalue weighted by Gasteiger charge is 2.23. The first kappa shape index (κ1) is 18.3. The van der Waals surface area contributed by atoms with Gasteiger partial charge in [0.1, 0.15) is 16.7 Å². The van der Waals surface area contributed by atoms with Crippen LogP contribution in [0.25, 0.3) is 10.9 Å². The van der Waals surface area contributed by atoms with Gasteiger partial charge in [-0.05, 0) is 43.6 Å². The molecule has 4 aromatic rings. The van der Waals surface area contributed by atoms with Crippen molar-refractivity contribution in [2.75, 3.05) is 18.4 Å². The van der Waals surface area contributed by atoms with Crippen LogP contribution < -0.4 is 10.9 Å². The zero-order chi connectivity index (χ0) is 20.3. The van der Waals surface area contributed by atoms with Crippen molar-refractivity contribution in [2.24, 2.45) is 0 Å². The Morgan fingerprint density at radius 3 is 2.77 bits per heavy atom. The van der Waals surface area contributed by atoms with Crippen LogP contribution in [-0.2, 0) is 6.54 Å². The zero-order valence-corrected chi connectivity index (χ0v) is 16.0. The number of aromatic amines is 2. The number of hydrogen-bond donors (Lipinski definition) is 3. The maximum Gasteiger partial charge on any atom is 0.277 e. The number of H-pyrrole nitrogens is 2. The molecule has 1 aliphatic heterocycles. The molecule has 5 rings (SSSR count). The lowest BCUT2D eigenvalue weighted by Crippen LogP contribution is -2.32. The molecule has 11 nitrogen and oxygen atoms in total. The summed E-state index contributed by atoms with van der Waals surface area (Å²) in [5.41, 5.74) is 2.15. The highest BCUT2D eigenvalue weighted by atomic mass is 16.1. The van der Waals surface area contributed by atoms with Gasteiger partial charge in [0, 0.05) is 18.2 Å². The van der Waals surface area contributed by atoms with E-state index in [1.165, 1.54) is 11.8 Å². The summed E-state index contributed by atoms with van der Waals surface area (Å²) in [6, 6.07) is 8.11. The Bertz CT molecular complexity index is 1170. The molecule has 0 bridgehead atoms. The van der Waals surface area contributed by atoms with Crippen molar-refractivity contribution in [2.45, 2.75) is 25.3 Å². The van der Waals surface area contributed by atoms with Gasteiger partial charge in [-0.3, -0.25) is 9.69 Å². The van der Waals surface area contributed by atoms with Crippen LogP contribution >= 0.6 is 0 Å². The monoisotopic (exact) mass is 403 g/mol. The van der Waals surface area contributed by atoms with E-state index in [4.69, 9.17) is 0 Å². The quantitative estimate of drug-likeness (QED) is 0.447. The lowest BCUT2D eigenvalue weighted by molar-refractivity contribution is 0.201. The number of nitrogens with zero attached hydrogens (tertiary/aromatic N) is 7. The number of benzene rings is 1. The number of aromatic nitrogens is 8. The Balaban J connectivity index is 1.23. The third kappa shape index (κ3) is 3.74. The van der Waals surface area contributed by atoms with Crippen LogP contribution in [-0.4, -0.2) is 58.8 Å². The van der Waals surface area contributed by atoms with Crippen LogP contribution in [0.2, 0.25) is 0 Å². The number of piperidine rings is 1. The second-order valence-corrected chi connectivity index (χ2v) is 7.27. The van der Waals surface area contributed by atoms with Crippen molar-refractivity contribution in [1.82, 2.24) is 45.7 Å². The highest BCUT2D eigenvalue weighted by molar-refractivity contribution is 5.88. The summed E-state index contributed by atoms with van der Waals surface area (Å²) in [4.78, 5) is 22.6. The number of hydrogen-bond acceptors (Lipinski definition) is 9. The molecule has 1 aromatic carbocycles. The van der Waals surface area contributed by atoms with E-state index < -0.39 is 0 Å². The SMILES string of the molecule is O=c1[nH]ncc2n[c]nc(Nc3ccc(CN4CCC(c5nn[nH]n5)CC4)cc3)c12. The van der Waals surface area contributed by atoms with E-state index in [1.807, 2.05) is 12.1 Å². The van der Waals surface area contributed by atoms with Gasteiger partial charge in [0.25, 0.3) is 5.56 Å². The van der Waals surface area contributed by atoms with Crippen LogP contribution in [0.1, 0.15) is 30.1 Å². The molecule has 4 heterocycles. The summed E-state index contributed by atoms with van der Waals surface area (Å²) in [6.07, 6.45) is 6.09. The molecule has 0 spiro atoms. The molecule has 30 heavy (non-hydrogen) atoms. The highest BCUT2D eigenvalue weighted by Crippen LogP contribution is 2.26. The van der Waals surface area contributed by atoms with Gasteiger partial charge in [-0.15, -0.1) is 10.2 Å². The van der Waals surface area contributed by atoms with Crippen molar-refractivity contribution in [3.8, 4) is 0 Å². The first-order valence-corrected chi connectivity index (χ1v) is 9.69. The third-order valence-electron chi connectivity index (χ3n) is 5.34. The van der Waals surface area contributed by atoms with E-state index in [9.17, 15) is 4.79 Å². The summed E-state index contributed by atoms with van der Waals surface area (Å²) >= 11 is 0. The smallest absolute Gasteiger partial charge is 0.277 e. The molecule has 11 heteroatoms. The second-order valence-electron chi connectivity index (χ2n) is 7.27. The Labute approximate surface area is 171 Å². The number of likely N-dealkylation sites (tertiary alicyclic amines) is 1. The maximum atomic E-state index is 12.1. The molecule has 0 unspecified atom stereocenters. The average Bonchev–Trinajstić information content (AvgIpc) is 3.31. The molecular weight excluding hydrogens is 384 g/mol. The van der Waals surface area contributed by atoms with Crippen molar-refractivity contribution in [1.29, 1.82) is 0 Å². The molecule has 1 fully saturated rings. The third-order valence-corrected chi connectivity index (χ3v) is 5.34. The Kier molecular flexibility index (Phi) is 4.85. The number of nitrogens with one attached hydrogen (secondary N) is 3. The zero-order valence-electron chi connectivity index (χ0n) is 16.0. The largest absolute Gasteiger partial charge is 0.339 e. The first-order chi connectivity index (χ1) is 14.8. The van der Waals surface area contributed by atoms with Crippen molar-refractivity contribution in [3.05, 3.63) is 58.5 Å². The topological polar surface area (TPSA) is 141 Å². The van der Waals surface area contributed by atoms with Gasteiger partial charge in [0.2, 0.25) is 0 Å². The number of fused-ring (bicyclic) bond motifs is 1. The molecule has 0 atom stereocenters. The standard InChI is InChI=1S/C19H19N10O/c30-19-16-15(9-22-26-19)20-11-21-18(16)23-14-3-1-12(2-4-14)10-29-7-5-13(6-8-29)17-24-27-28-25-17/h1-4,9,13H,5-8,10H2,(H,26,30)(H,20,21,23)(H,24,25,27,28). The maximum absolute atomic E-state index is 12.1. The fourth-order valence-corrected chi connectivity index (χ4v) is 3.76. The Morgan fingerprint density at radius 1 is 1.17 bits per heavy atom. The van der Waals surface area contributed by atoms with E-state index in [1.54, 1.807) is 0 Å². The van der Waals surface area contributed by atoms with Gasteiger partial charge < -0.3 is 5.32 Å². The lowest BCUT2D eigenvalue weighted by Gasteiger charge is -2.30. The number of rotatable bonds is 5. The Hall–Kier alpha value is -3.73. The summed E-state index contributed by atoms with van der Waals surface area (Å²) in [6.45, 7) is 2.88. The van der Waals surface area contributed by atoms with Crippen molar-refractivity contribution in [3.63, 3.8) is 0 Å². The lowest BCUT2D eigenvalue weighted by atomic mass is 9.96. The summed E-state index contributed by atoms with van der Waals surface area (Å²) in [5, 5.41) is 24.1. The van der Waals surface area contributed by atoms with Crippen LogP contribution in [0.4, 0.5) is 11.5 Å². The summed E-state index contributed by atoms with van der Waals surface area (Å²) in [5.74, 6) is 1.60. The van der Waals surface area contributed by atoms with Crippen LogP contribution in [0.5, 0.6) is 0 Å². The molecule has 3 aromatic heterocycles. The molecule has 3 N–H and O–H groups in total. The van der Waals surface area contributed by atoms with Gasteiger partial charge in [0.15, 0.2) is 12.2 Å². The molecule has 0 saturated carbocycles. The minimum Gasteiger partial charge on any atom is -0.339 e. The molecule has 151 valence electrons. The normalized spacial score (nSPS) is 15.5. The van der Waals surface area contributed by atoms with Gasteiger partial charge in [-0.1, -0.05) is 17.3 Å². The molecular formula is C19H19N10O. The molecule has 0 aliphatic carbocycles. The van der Waals surface area contributed by atoms with Gasteiger partial charge in [-0.25, -0.2) is 15.1 Å². The van der Waals surface area contributed by atoms with Crippen molar-refractivity contribution < 1.29 is 0 Å². The van der Waals surface area contributed by atoms with Gasteiger partial charge in [-0.2, -0.15) is 10.3 Å². The fraction of sp³-hybridized carbons (Fsp3) is 0.316. The summed E-state index contributed by atoms with van der Waals surface area (Å²) in [7, 11) is 0. The number of tetrazole rings is 1. The molecule has 1 saturated heterocycles. The predicted octanol–water partition coefficient (Wildman–Crippen LogP) is 1.15. The van der Waals surface area contributed by atoms with E-state index in [-0.39, 0.29) is 5.56 Å². The van der Waals surface area contributed by atoms with E-state index in [0.717, 1.165) is 44.0 Å². The van der Waals surface area contributed by atoms with Crippen molar-refractivity contribution >= 4 is 22.4 Å². The fourth-order valence-electron chi connectivity index (χ4n) is 3.76.